The van der Waals surface area contributed by atoms with Crippen LogP contribution >= 0.6 is 0 Å². The molecule has 39 heavy (non-hydrogen) atoms. The maximum Gasteiger partial charge on any atom is 0.277 e. The minimum atomic E-state index is -0.583. The van der Waals surface area contributed by atoms with Gasteiger partial charge >= 0.3 is 0 Å². The zero-order valence-corrected chi connectivity index (χ0v) is 22.4. The van der Waals surface area contributed by atoms with Crippen molar-refractivity contribution < 1.29 is 9.59 Å². The summed E-state index contributed by atoms with van der Waals surface area (Å²) in [6.45, 7) is 6.70. The fraction of sp³-hybridized carbons (Fsp3) is 0.250. The van der Waals surface area contributed by atoms with Gasteiger partial charge < -0.3 is 15.5 Å². The van der Waals surface area contributed by atoms with E-state index in [1.807, 2.05) is 56.3 Å². The number of hydrogen-bond donors (Lipinski definition) is 2. The van der Waals surface area contributed by atoms with Crippen LogP contribution in [0.2, 0.25) is 0 Å². The van der Waals surface area contributed by atoms with Gasteiger partial charge in [-0.25, -0.2) is 9.97 Å². The minimum Gasteiger partial charge on any atom is -0.340 e. The molecule has 3 aliphatic rings. The smallest absolute Gasteiger partial charge is 0.277 e. The Morgan fingerprint density at radius 3 is 2.77 bits per heavy atom. The molecule has 3 aromatic rings. The molecule has 0 fully saturated rings. The molecule has 3 heterocycles. The van der Waals surface area contributed by atoms with Crippen LogP contribution in [-0.4, -0.2) is 28.3 Å². The molecule has 2 atom stereocenters. The van der Waals surface area contributed by atoms with Gasteiger partial charge in [0.05, 0.1) is 5.41 Å². The van der Waals surface area contributed by atoms with Gasteiger partial charge in [-0.05, 0) is 67.2 Å². The zero-order valence-electron chi connectivity index (χ0n) is 22.4. The molecule has 1 spiro atoms. The van der Waals surface area contributed by atoms with Crippen LogP contribution < -0.4 is 15.5 Å². The summed E-state index contributed by atoms with van der Waals surface area (Å²) in [7, 11) is 0. The Morgan fingerprint density at radius 1 is 1.10 bits per heavy atom. The van der Waals surface area contributed by atoms with Crippen LogP contribution in [0.5, 0.6) is 0 Å². The van der Waals surface area contributed by atoms with E-state index in [1.165, 1.54) is 17.5 Å². The topological polar surface area (TPSA) is 87.2 Å². The van der Waals surface area contributed by atoms with Crippen molar-refractivity contribution in [3.8, 4) is 0 Å². The van der Waals surface area contributed by atoms with Gasteiger partial charge in [-0.2, -0.15) is 0 Å². The van der Waals surface area contributed by atoms with Gasteiger partial charge in [-0.3, -0.25) is 9.59 Å². The summed E-state index contributed by atoms with van der Waals surface area (Å²) in [5.41, 5.74) is 7.00. The van der Waals surface area contributed by atoms with Gasteiger partial charge in [0.15, 0.2) is 0 Å². The molecule has 2 aliphatic heterocycles. The SMILES string of the molecule is CC=C/C=C\C1=C(C)NC(=O)C12Cc1ccc(Nc3cc(C(=O)N4CC(C)c5ccccc54)ncn3)cc1C2. The number of para-hydroxylation sites is 1. The van der Waals surface area contributed by atoms with Crippen LogP contribution in [0.25, 0.3) is 0 Å². The average molecular weight is 518 g/mol. The highest BCUT2D eigenvalue weighted by atomic mass is 16.2. The number of rotatable bonds is 5. The number of nitrogens with one attached hydrogen (secondary N) is 2. The Kier molecular flexibility index (Phi) is 6.14. The Morgan fingerprint density at radius 2 is 1.92 bits per heavy atom. The first-order valence-electron chi connectivity index (χ1n) is 13.3. The number of carbonyl (C=O) groups excluding carboxylic acids is 2. The highest BCUT2D eigenvalue weighted by Crippen LogP contribution is 2.48. The molecule has 2 N–H and O–H groups in total. The Labute approximate surface area is 228 Å². The first kappa shape index (κ1) is 24.8. The number of fused-ring (bicyclic) bond motifs is 2. The number of amides is 2. The van der Waals surface area contributed by atoms with Crippen molar-refractivity contribution >= 4 is 29.0 Å². The first-order chi connectivity index (χ1) is 18.9. The Balaban J connectivity index is 1.22. The molecule has 1 aromatic heterocycles. The van der Waals surface area contributed by atoms with Crippen LogP contribution in [0.4, 0.5) is 17.2 Å². The van der Waals surface area contributed by atoms with Crippen molar-refractivity contribution in [2.75, 3.05) is 16.8 Å². The second kappa shape index (κ2) is 9.66. The van der Waals surface area contributed by atoms with Gasteiger partial charge in [0, 0.05) is 35.6 Å². The van der Waals surface area contributed by atoms with Crippen molar-refractivity contribution in [2.45, 2.75) is 39.5 Å². The van der Waals surface area contributed by atoms with Crippen molar-refractivity contribution in [3.63, 3.8) is 0 Å². The first-order valence-corrected chi connectivity index (χ1v) is 13.3. The Bertz CT molecular complexity index is 1590. The van der Waals surface area contributed by atoms with E-state index in [1.54, 1.807) is 11.0 Å². The van der Waals surface area contributed by atoms with E-state index in [0.717, 1.165) is 28.2 Å². The monoisotopic (exact) mass is 517 g/mol. The molecule has 6 rings (SSSR count). The van der Waals surface area contributed by atoms with Crippen molar-refractivity contribution in [2.24, 2.45) is 5.41 Å². The number of anilines is 3. The molecule has 196 valence electrons. The van der Waals surface area contributed by atoms with Crippen molar-refractivity contribution in [1.29, 1.82) is 0 Å². The second-order valence-corrected chi connectivity index (χ2v) is 10.6. The standard InChI is InChI=1S/C32H31N5O2/c1-4-5-6-10-26-21(3)35-31(39)32(26)16-22-12-13-24(14-23(22)17-32)36-29-15-27(33-19-34-29)30(38)37-18-20(2)25-9-7-8-11-28(25)37/h4-15,19-20H,16-18H2,1-3H3,(H,35,39)(H,33,34,36)/b5-4?,10-6-. The molecule has 0 radical (unpaired) electrons. The molecule has 7 heteroatoms. The molecular weight excluding hydrogens is 486 g/mol. The highest BCUT2D eigenvalue weighted by molar-refractivity contribution is 6.06. The molecule has 0 saturated heterocycles. The van der Waals surface area contributed by atoms with Gasteiger partial charge in [0.1, 0.15) is 17.8 Å². The maximum atomic E-state index is 13.4. The predicted molar refractivity (Wildman–Crippen MR) is 153 cm³/mol. The summed E-state index contributed by atoms with van der Waals surface area (Å²) in [6, 6.07) is 15.9. The van der Waals surface area contributed by atoms with E-state index >= 15 is 0 Å². The summed E-state index contributed by atoms with van der Waals surface area (Å²) < 4.78 is 0. The minimum absolute atomic E-state index is 0.0580. The molecule has 0 bridgehead atoms. The molecule has 1 aliphatic carbocycles. The third-order valence-electron chi connectivity index (χ3n) is 8.03. The fourth-order valence-electron chi connectivity index (χ4n) is 6.13. The lowest BCUT2D eigenvalue weighted by Gasteiger charge is -2.22. The zero-order chi connectivity index (χ0) is 27.1. The number of benzene rings is 2. The molecule has 2 unspecified atom stereocenters. The van der Waals surface area contributed by atoms with E-state index in [0.29, 0.717) is 30.9 Å². The summed E-state index contributed by atoms with van der Waals surface area (Å²) in [5.74, 6) is 0.744. The summed E-state index contributed by atoms with van der Waals surface area (Å²) in [5, 5.41) is 6.40. The van der Waals surface area contributed by atoms with Crippen LogP contribution in [0, 0.1) is 5.41 Å². The van der Waals surface area contributed by atoms with E-state index < -0.39 is 5.41 Å². The number of hydrogen-bond acceptors (Lipinski definition) is 5. The average Bonchev–Trinajstić information content (AvgIpc) is 3.56. The predicted octanol–water partition coefficient (Wildman–Crippen LogP) is 5.61. The third kappa shape index (κ3) is 4.24. The quantitative estimate of drug-likeness (QED) is 0.430. The highest BCUT2D eigenvalue weighted by Gasteiger charge is 2.50. The van der Waals surface area contributed by atoms with Gasteiger partial charge in [-0.1, -0.05) is 55.5 Å². The molecule has 2 amide bonds. The van der Waals surface area contributed by atoms with Gasteiger partial charge in [-0.15, -0.1) is 0 Å². The fourth-order valence-corrected chi connectivity index (χ4v) is 6.13. The maximum absolute atomic E-state index is 13.4. The van der Waals surface area contributed by atoms with Crippen molar-refractivity contribution in [3.05, 3.63) is 113 Å². The van der Waals surface area contributed by atoms with Crippen LogP contribution in [-0.2, 0) is 17.6 Å². The molecule has 0 saturated carbocycles. The van der Waals surface area contributed by atoms with Crippen LogP contribution in [0.15, 0.2) is 90.4 Å². The van der Waals surface area contributed by atoms with Crippen LogP contribution in [0.1, 0.15) is 53.9 Å². The lowest BCUT2D eigenvalue weighted by atomic mass is 9.78. The molecule has 2 aromatic carbocycles. The van der Waals surface area contributed by atoms with Crippen LogP contribution in [0.3, 0.4) is 0 Å². The van der Waals surface area contributed by atoms with E-state index in [9.17, 15) is 9.59 Å². The largest absolute Gasteiger partial charge is 0.340 e. The lowest BCUT2D eigenvalue weighted by Crippen LogP contribution is -2.34. The third-order valence-corrected chi connectivity index (χ3v) is 8.03. The summed E-state index contributed by atoms with van der Waals surface area (Å²) in [6.07, 6.45) is 10.7. The summed E-state index contributed by atoms with van der Waals surface area (Å²) in [4.78, 5) is 37.0. The summed E-state index contributed by atoms with van der Waals surface area (Å²) >= 11 is 0. The normalized spacial score (nSPS) is 21.8. The lowest BCUT2D eigenvalue weighted by molar-refractivity contribution is -0.126. The van der Waals surface area contributed by atoms with E-state index in [2.05, 4.69) is 51.8 Å². The second-order valence-electron chi connectivity index (χ2n) is 10.6. The number of nitrogens with zero attached hydrogens (tertiary/aromatic N) is 3. The number of carbonyl (C=O) groups is 2. The number of aromatic nitrogens is 2. The number of allylic oxidation sites excluding steroid dienone is 5. The Hall–Kier alpha value is -4.52. The molecular formula is C32H31N5O2. The van der Waals surface area contributed by atoms with Crippen molar-refractivity contribution in [1.82, 2.24) is 15.3 Å². The van der Waals surface area contributed by atoms with E-state index in [4.69, 9.17) is 0 Å². The molecule has 7 nitrogen and oxygen atoms in total. The van der Waals surface area contributed by atoms with Gasteiger partial charge in [0.2, 0.25) is 5.91 Å². The van der Waals surface area contributed by atoms with E-state index in [-0.39, 0.29) is 17.7 Å². The van der Waals surface area contributed by atoms with Gasteiger partial charge in [0.25, 0.3) is 5.91 Å².